The van der Waals surface area contributed by atoms with Crippen LogP contribution in [0.15, 0.2) is 43.0 Å². The molecule has 45 heavy (non-hydrogen) atoms. The number of rotatable bonds is 7. The first-order valence-electron chi connectivity index (χ1n) is 15.3. The van der Waals surface area contributed by atoms with Gasteiger partial charge in [0.25, 0.3) is 0 Å². The number of thiocarbonyl (C=S) groups is 1. The monoisotopic (exact) mass is 669 g/mol. The average molecular weight is 670 g/mol. The number of fused-ring (bicyclic) bond motifs is 2. The number of nitrogens with zero attached hydrogens (tertiary/aromatic N) is 4. The molecule has 2 aromatic heterocycles. The van der Waals surface area contributed by atoms with E-state index in [1.54, 1.807) is 23.0 Å². The number of nitrogens with two attached hydrogens (primary N) is 1. The summed E-state index contributed by atoms with van der Waals surface area (Å²) in [6.07, 6.45) is 6.79. The van der Waals surface area contributed by atoms with Crippen LogP contribution in [-0.2, 0) is 22.4 Å². The van der Waals surface area contributed by atoms with E-state index >= 15 is 0 Å². The maximum Gasteiger partial charge on any atom is 0.358 e. The van der Waals surface area contributed by atoms with E-state index in [2.05, 4.69) is 76.3 Å². The zero-order valence-electron chi connectivity index (χ0n) is 27.1. The van der Waals surface area contributed by atoms with Gasteiger partial charge in [0, 0.05) is 12.2 Å². The van der Waals surface area contributed by atoms with Gasteiger partial charge >= 0.3 is 22.4 Å². The van der Waals surface area contributed by atoms with Crippen molar-refractivity contribution in [3.63, 3.8) is 0 Å². The number of aromatic nitrogens is 4. The molecule has 0 unspecified atom stereocenters. The number of anilines is 1. The van der Waals surface area contributed by atoms with Crippen molar-refractivity contribution in [3.05, 3.63) is 43.0 Å². The van der Waals surface area contributed by atoms with Gasteiger partial charge in [-0.25, -0.2) is 15.0 Å². The molecule has 11 nitrogen and oxygen atoms in total. The van der Waals surface area contributed by atoms with Crippen molar-refractivity contribution in [1.82, 2.24) is 19.5 Å². The zero-order valence-corrected chi connectivity index (χ0v) is 29.9. The molecule has 0 radical (unpaired) electrons. The van der Waals surface area contributed by atoms with Gasteiger partial charge in [-0.1, -0.05) is 79.5 Å². The molecular weight excluding hydrogens is 627 g/mol. The molecular formula is C31H43N5O6SSi2. The van der Waals surface area contributed by atoms with Gasteiger partial charge in [-0.05, 0) is 34.3 Å². The van der Waals surface area contributed by atoms with Crippen molar-refractivity contribution in [2.45, 2.75) is 102 Å². The fourth-order valence-corrected chi connectivity index (χ4v) is 17.9. The summed E-state index contributed by atoms with van der Waals surface area (Å²) in [6.45, 7) is 17.3. The Labute approximate surface area is 272 Å². The summed E-state index contributed by atoms with van der Waals surface area (Å²) in [7, 11) is -6.11. The Balaban J connectivity index is 1.68. The van der Waals surface area contributed by atoms with E-state index in [-0.39, 0.29) is 39.8 Å². The Morgan fingerprint density at radius 1 is 1.02 bits per heavy atom. The molecule has 2 N–H and O–H groups in total. The summed E-state index contributed by atoms with van der Waals surface area (Å²) in [5, 5.41) is -0.143. The standard InChI is InChI=1S/C31H43N5O6SSi2/c1-10-31-24(16-37-44(19(2)3,20(4)5)42-45(41-31,21(6)7)22(8)9)39-29(36-18-35-25-27(32)33-17-34-28(25)36)26(31)40-30(43)38-23-14-12-11-13-15-23/h1,11-15,17-22,24,26,29H,16H2,2-9H3,(H2,32,33,34)/t24-,26+,29-,31-/m1/s1. The number of imidazole rings is 1. The number of hydrogen-bond donors (Lipinski definition) is 1. The van der Waals surface area contributed by atoms with Crippen LogP contribution in [-0.4, -0.2) is 66.3 Å². The van der Waals surface area contributed by atoms with Crippen molar-refractivity contribution in [3.8, 4) is 18.1 Å². The Hall–Kier alpha value is -2.91. The molecule has 3 aromatic rings. The topological polar surface area (TPSA) is 125 Å². The highest BCUT2D eigenvalue weighted by Crippen LogP contribution is 2.52. The van der Waals surface area contributed by atoms with Gasteiger partial charge in [0.1, 0.15) is 23.7 Å². The highest BCUT2D eigenvalue weighted by Gasteiger charge is 2.68. The molecule has 1 aromatic carbocycles. The molecule has 242 valence electrons. The minimum absolute atomic E-state index is 0.00304. The van der Waals surface area contributed by atoms with Gasteiger partial charge in [-0.15, -0.1) is 6.42 Å². The molecule has 2 fully saturated rings. The van der Waals surface area contributed by atoms with Crippen LogP contribution in [0.25, 0.3) is 11.2 Å². The SMILES string of the molecule is C#C[C@@]12O[Si](C(C)C)(C(C)C)O[Si](C(C)C)(C(C)C)OC[C@H]1O[C@@H](n1cnc3c(N)ncnc31)[C@@H]2OC(=S)Oc1ccccc1. The van der Waals surface area contributed by atoms with Crippen molar-refractivity contribution in [2.75, 3.05) is 12.3 Å². The predicted octanol–water partition coefficient (Wildman–Crippen LogP) is 6.01. The second kappa shape index (κ2) is 12.7. The molecule has 2 aliphatic heterocycles. The molecule has 0 bridgehead atoms. The average Bonchev–Trinajstić information content (AvgIpc) is 3.53. The number of benzene rings is 1. The summed E-state index contributed by atoms with van der Waals surface area (Å²) in [4.78, 5) is 13.0. The molecule has 5 rings (SSSR count). The van der Waals surface area contributed by atoms with Gasteiger partial charge in [-0.2, -0.15) is 0 Å². The summed E-state index contributed by atoms with van der Waals surface area (Å²) >= 11 is 5.65. The third-order valence-electron chi connectivity index (χ3n) is 8.84. The van der Waals surface area contributed by atoms with Gasteiger partial charge in [0.15, 0.2) is 29.4 Å². The molecule has 2 aliphatic rings. The Morgan fingerprint density at radius 2 is 1.67 bits per heavy atom. The fraction of sp³-hybridized carbons (Fsp3) is 0.548. The van der Waals surface area contributed by atoms with E-state index in [0.717, 1.165) is 0 Å². The lowest BCUT2D eigenvalue weighted by Crippen LogP contribution is -2.69. The van der Waals surface area contributed by atoms with Crippen LogP contribution in [0.5, 0.6) is 5.75 Å². The van der Waals surface area contributed by atoms with E-state index in [4.69, 9.17) is 51.6 Å². The van der Waals surface area contributed by atoms with E-state index in [0.29, 0.717) is 16.9 Å². The summed E-state index contributed by atoms with van der Waals surface area (Å²) < 4.78 is 42.8. The quantitative estimate of drug-likeness (QED) is 0.181. The molecule has 0 saturated carbocycles. The number of hydrogen-bond acceptors (Lipinski definition) is 11. The van der Waals surface area contributed by atoms with Crippen LogP contribution in [0.3, 0.4) is 0 Å². The fourth-order valence-electron chi connectivity index (χ4n) is 6.50. The second-order valence-corrected chi connectivity index (χ2v) is 22.0. The maximum absolute atomic E-state index is 7.43. The van der Waals surface area contributed by atoms with E-state index in [1.807, 2.05) is 18.2 Å². The van der Waals surface area contributed by atoms with E-state index < -0.39 is 41.2 Å². The lowest BCUT2D eigenvalue weighted by molar-refractivity contribution is -0.0746. The van der Waals surface area contributed by atoms with Crippen LogP contribution in [0, 0.1) is 12.3 Å². The highest BCUT2D eigenvalue weighted by molar-refractivity contribution is 7.79. The smallest absolute Gasteiger partial charge is 0.358 e. The van der Waals surface area contributed by atoms with E-state index in [1.165, 1.54) is 6.33 Å². The Kier molecular flexibility index (Phi) is 9.45. The zero-order chi connectivity index (χ0) is 32.7. The first-order valence-corrected chi connectivity index (χ1v) is 19.7. The number of para-hydroxylation sites is 1. The minimum Gasteiger partial charge on any atom is -0.444 e. The van der Waals surface area contributed by atoms with Gasteiger partial charge in [0.2, 0.25) is 0 Å². The van der Waals surface area contributed by atoms with Crippen LogP contribution in [0.1, 0.15) is 61.6 Å². The number of terminal acetylenes is 1. The first kappa shape index (κ1) is 33.5. The largest absolute Gasteiger partial charge is 0.444 e. The Morgan fingerprint density at radius 3 is 2.27 bits per heavy atom. The van der Waals surface area contributed by atoms with E-state index in [9.17, 15) is 0 Å². The van der Waals surface area contributed by atoms with Gasteiger partial charge in [-0.3, -0.25) is 4.57 Å². The third-order valence-corrected chi connectivity index (χ3v) is 19.3. The van der Waals surface area contributed by atoms with Crippen molar-refractivity contribution in [2.24, 2.45) is 0 Å². The van der Waals surface area contributed by atoms with Crippen molar-refractivity contribution in [1.29, 1.82) is 0 Å². The molecule has 0 aliphatic carbocycles. The maximum atomic E-state index is 7.43. The lowest BCUT2D eigenvalue weighted by atomic mass is 9.93. The van der Waals surface area contributed by atoms with Crippen molar-refractivity contribution >= 4 is 51.6 Å². The predicted molar refractivity (Wildman–Crippen MR) is 180 cm³/mol. The van der Waals surface area contributed by atoms with Crippen LogP contribution in [0.2, 0.25) is 22.2 Å². The normalized spacial score (nSPS) is 26.1. The third kappa shape index (κ3) is 5.69. The molecule has 0 spiro atoms. The van der Waals surface area contributed by atoms with Crippen LogP contribution < -0.4 is 10.5 Å². The van der Waals surface area contributed by atoms with Crippen molar-refractivity contribution < 1.29 is 27.2 Å². The molecule has 14 heteroatoms. The van der Waals surface area contributed by atoms with Gasteiger partial charge in [0.05, 0.1) is 12.9 Å². The number of nitrogen functional groups attached to an aromatic ring is 1. The van der Waals surface area contributed by atoms with Crippen LogP contribution in [0.4, 0.5) is 5.82 Å². The first-order chi connectivity index (χ1) is 21.3. The molecule has 4 heterocycles. The van der Waals surface area contributed by atoms with Crippen LogP contribution >= 0.6 is 12.2 Å². The summed E-state index contributed by atoms with van der Waals surface area (Å²) in [5.41, 5.74) is 5.80. The highest BCUT2D eigenvalue weighted by atomic mass is 32.1. The molecule has 2 saturated heterocycles. The van der Waals surface area contributed by atoms with Gasteiger partial charge < -0.3 is 32.9 Å². The molecule has 4 atom stereocenters. The lowest BCUT2D eigenvalue weighted by Gasteiger charge is -2.53. The minimum atomic E-state index is -3.22. The number of ether oxygens (including phenoxy) is 3. The second-order valence-electron chi connectivity index (χ2n) is 12.8. The summed E-state index contributed by atoms with van der Waals surface area (Å²) in [5.74, 6) is 3.73. The molecule has 0 amide bonds. The summed E-state index contributed by atoms with van der Waals surface area (Å²) in [6, 6.07) is 9.14. The Bertz CT molecular complexity index is 1550.